The first-order chi connectivity index (χ1) is 19.9. The van der Waals surface area contributed by atoms with Crippen molar-refractivity contribution in [3.05, 3.63) is 42.0 Å². The van der Waals surface area contributed by atoms with E-state index in [0.29, 0.717) is 25.0 Å². The number of nitrogens with zero attached hydrogens (tertiary/aromatic N) is 4. The summed E-state index contributed by atoms with van der Waals surface area (Å²) >= 11 is 0. The maximum Gasteiger partial charge on any atom is 0.253 e. The Labute approximate surface area is 245 Å². The van der Waals surface area contributed by atoms with Gasteiger partial charge in [0.05, 0.1) is 11.0 Å². The molecule has 3 aromatic rings. The maximum atomic E-state index is 13.8. The molecule has 0 N–H and O–H groups in total. The fourth-order valence-corrected chi connectivity index (χ4v) is 5.85. The zero-order chi connectivity index (χ0) is 28.8. The van der Waals surface area contributed by atoms with Gasteiger partial charge in [-0.25, -0.2) is 4.98 Å². The number of likely N-dealkylation sites (tertiary alicyclic amines) is 1. The Morgan fingerprint density at radius 1 is 0.878 bits per heavy atom. The van der Waals surface area contributed by atoms with Gasteiger partial charge in [0, 0.05) is 30.8 Å². The third kappa shape index (κ3) is 7.42. The second-order valence-electron chi connectivity index (χ2n) is 12.6. The summed E-state index contributed by atoms with van der Waals surface area (Å²) in [5, 5.41) is 0. The predicted octanol–water partition coefficient (Wildman–Crippen LogP) is 6.88. The van der Waals surface area contributed by atoms with E-state index < -0.39 is 0 Å². The summed E-state index contributed by atoms with van der Waals surface area (Å²) in [5.41, 5.74) is 3.69. The second kappa shape index (κ2) is 13.7. The van der Waals surface area contributed by atoms with Crippen molar-refractivity contribution >= 4 is 16.9 Å². The first kappa shape index (κ1) is 29.4. The van der Waals surface area contributed by atoms with Crippen LogP contribution in [0.25, 0.3) is 22.4 Å². The van der Waals surface area contributed by atoms with E-state index in [-0.39, 0.29) is 5.91 Å². The number of aromatic nitrogens is 2. The standard InChI is InChI=1S/C34H48N4O3/c1-25(2)13-19-37(20-14-26(3)4)34(39)28-9-11-29-30(23-28)38(18-8-17-36-15-6-5-7-16-36)33(35-29)27-10-12-31-32(24-27)41-22-21-40-31/h9-12,23-26H,5-8,13-22H2,1-4H3. The van der Waals surface area contributed by atoms with E-state index in [1.54, 1.807) is 0 Å². The van der Waals surface area contributed by atoms with Crippen LogP contribution in [0, 0.1) is 11.8 Å². The van der Waals surface area contributed by atoms with Gasteiger partial charge >= 0.3 is 0 Å². The number of piperidine rings is 1. The Balaban J connectivity index is 1.46. The van der Waals surface area contributed by atoms with Crippen LogP contribution in [0.15, 0.2) is 36.4 Å². The highest BCUT2D eigenvalue weighted by atomic mass is 16.6. The van der Waals surface area contributed by atoms with Crippen LogP contribution in [-0.4, -0.2) is 71.2 Å². The molecule has 0 atom stereocenters. The molecule has 0 unspecified atom stereocenters. The normalized spacial score (nSPS) is 15.7. The molecule has 0 spiro atoms. The number of amides is 1. The summed E-state index contributed by atoms with van der Waals surface area (Å²) < 4.78 is 14.0. The van der Waals surface area contributed by atoms with Gasteiger partial charge in [-0.05, 0) is 100.0 Å². The third-order valence-corrected chi connectivity index (χ3v) is 8.34. The highest BCUT2D eigenvalue weighted by Gasteiger charge is 2.21. The Morgan fingerprint density at radius 3 is 2.29 bits per heavy atom. The Kier molecular flexibility index (Phi) is 9.86. The van der Waals surface area contributed by atoms with Crippen LogP contribution in [0.3, 0.4) is 0 Å². The Morgan fingerprint density at radius 2 is 1.59 bits per heavy atom. The molecule has 1 saturated heterocycles. The number of carbonyl (C=O) groups excluding carboxylic acids is 1. The molecule has 7 heteroatoms. The Hall–Kier alpha value is -3.06. The van der Waals surface area contributed by atoms with E-state index in [1.165, 1.54) is 32.4 Å². The van der Waals surface area contributed by atoms with E-state index in [1.807, 2.05) is 24.3 Å². The number of imidazole rings is 1. The molecule has 0 bridgehead atoms. The van der Waals surface area contributed by atoms with E-state index in [9.17, 15) is 4.79 Å². The van der Waals surface area contributed by atoms with Crippen LogP contribution in [0.1, 0.15) is 76.6 Å². The number of aryl methyl sites for hydroxylation is 1. The van der Waals surface area contributed by atoms with Crippen LogP contribution in [0.2, 0.25) is 0 Å². The first-order valence-corrected chi connectivity index (χ1v) is 15.8. The number of hydrogen-bond acceptors (Lipinski definition) is 5. The van der Waals surface area contributed by atoms with Crippen LogP contribution in [0.4, 0.5) is 0 Å². The maximum absolute atomic E-state index is 13.8. The van der Waals surface area contributed by atoms with Gasteiger partial charge in [-0.2, -0.15) is 0 Å². The molecule has 0 radical (unpaired) electrons. The lowest BCUT2D eigenvalue weighted by atomic mass is 10.1. The summed E-state index contributed by atoms with van der Waals surface area (Å²) in [6, 6.07) is 12.2. The molecule has 0 saturated carbocycles. The average molecular weight is 561 g/mol. The zero-order valence-corrected chi connectivity index (χ0v) is 25.5. The first-order valence-electron chi connectivity index (χ1n) is 15.8. The second-order valence-corrected chi connectivity index (χ2v) is 12.6. The van der Waals surface area contributed by atoms with E-state index in [0.717, 1.165) is 84.9 Å². The third-order valence-electron chi connectivity index (χ3n) is 8.34. The molecule has 1 aromatic heterocycles. The van der Waals surface area contributed by atoms with Gasteiger partial charge in [0.1, 0.15) is 19.0 Å². The van der Waals surface area contributed by atoms with Crippen molar-refractivity contribution in [2.24, 2.45) is 11.8 Å². The highest BCUT2D eigenvalue weighted by Crippen LogP contribution is 2.35. The SMILES string of the molecule is CC(C)CCN(CCC(C)C)C(=O)c1ccc2nc(-c3ccc4c(c3)OCCO4)n(CCCN3CCCCC3)c2c1. The van der Waals surface area contributed by atoms with Crippen molar-refractivity contribution < 1.29 is 14.3 Å². The molecular weight excluding hydrogens is 512 g/mol. The molecule has 41 heavy (non-hydrogen) atoms. The molecule has 2 aliphatic rings. The van der Waals surface area contributed by atoms with Crippen LogP contribution < -0.4 is 9.47 Å². The Bertz CT molecular complexity index is 1300. The van der Waals surface area contributed by atoms with Gasteiger partial charge in [0.25, 0.3) is 5.91 Å². The number of carbonyl (C=O) groups is 1. The van der Waals surface area contributed by atoms with Gasteiger partial charge < -0.3 is 23.8 Å². The molecule has 0 aliphatic carbocycles. The number of hydrogen-bond donors (Lipinski definition) is 0. The molecule has 2 aliphatic heterocycles. The van der Waals surface area contributed by atoms with Crippen molar-refractivity contribution in [3.8, 4) is 22.9 Å². The summed E-state index contributed by atoms with van der Waals surface area (Å²) in [5.74, 6) is 3.70. The number of rotatable bonds is 12. The molecule has 7 nitrogen and oxygen atoms in total. The van der Waals surface area contributed by atoms with Crippen molar-refractivity contribution in [1.82, 2.24) is 19.4 Å². The van der Waals surface area contributed by atoms with Gasteiger partial charge in [0.15, 0.2) is 11.5 Å². The molecule has 1 fully saturated rings. The van der Waals surface area contributed by atoms with E-state index >= 15 is 0 Å². The van der Waals surface area contributed by atoms with Crippen molar-refractivity contribution in [1.29, 1.82) is 0 Å². The smallest absolute Gasteiger partial charge is 0.253 e. The summed E-state index contributed by atoms with van der Waals surface area (Å²) in [7, 11) is 0. The quantitative estimate of drug-likeness (QED) is 0.242. The molecule has 5 rings (SSSR count). The summed E-state index contributed by atoms with van der Waals surface area (Å²) in [6.45, 7) is 15.9. The lowest BCUT2D eigenvalue weighted by molar-refractivity contribution is 0.0741. The van der Waals surface area contributed by atoms with Crippen LogP contribution in [-0.2, 0) is 6.54 Å². The van der Waals surface area contributed by atoms with Crippen LogP contribution >= 0.6 is 0 Å². The monoisotopic (exact) mass is 560 g/mol. The lowest BCUT2D eigenvalue weighted by Gasteiger charge is -2.26. The predicted molar refractivity (Wildman–Crippen MR) is 166 cm³/mol. The largest absolute Gasteiger partial charge is 0.486 e. The minimum atomic E-state index is 0.121. The summed E-state index contributed by atoms with van der Waals surface area (Å²) in [6.07, 6.45) is 7.00. The topological polar surface area (TPSA) is 59.8 Å². The minimum Gasteiger partial charge on any atom is -0.486 e. The highest BCUT2D eigenvalue weighted by molar-refractivity contribution is 5.98. The van der Waals surface area contributed by atoms with Gasteiger partial charge in [-0.15, -0.1) is 0 Å². The fourth-order valence-electron chi connectivity index (χ4n) is 5.85. The van der Waals surface area contributed by atoms with E-state index in [2.05, 4.69) is 54.2 Å². The summed E-state index contributed by atoms with van der Waals surface area (Å²) in [4.78, 5) is 23.6. The van der Waals surface area contributed by atoms with Gasteiger partial charge in [-0.1, -0.05) is 34.1 Å². The van der Waals surface area contributed by atoms with Crippen LogP contribution in [0.5, 0.6) is 11.5 Å². The molecule has 3 heterocycles. The zero-order valence-electron chi connectivity index (χ0n) is 25.5. The molecule has 1 amide bonds. The average Bonchev–Trinajstić information content (AvgIpc) is 3.34. The van der Waals surface area contributed by atoms with Crippen molar-refractivity contribution in [3.63, 3.8) is 0 Å². The molecule has 222 valence electrons. The van der Waals surface area contributed by atoms with E-state index in [4.69, 9.17) is 14.5 Å². The number of benzene rings is 2. The van der Waals surface area contributed by atoms with Crippen molar-refractivity contribution in [2.45, 2.75) is 72.8 Å². The number of ether oxygens (including phenoxy) is 2. The molecule has 2 aromatic carbocycles. The van der Waals surface area contributed by atoms with Gasteiger partial charge in [-0.3, -0.25) is 4.79 Å². The lowest BCUT2D eigenvalue weighted by Crippen LogP contribution is -2.34. The minimum absolute atomic E-state index is 0.121. The fraction of sp³-hybridized carbons (Fsp3) is 0.588. The van der Waals surface area contributed by atoms with Crippen molar-refractivity contribution in [2.75, 3.05) is 45.9 Å². The molecular formula is C34H48N4O3. The van der Waals surface area contributed by atoms with Gasteiger partial charge in [0.2, 0.25) is 0 Å². The number of fused-ring (bicyclic) bond motifs is 2.